The summed E-state index contributed by atoms with van der Waals surface area (Å²) in [6.45, 7) is 9.00. The van der Waals surface area contributed by atoms with Crippen LogP contribution in [0.5, 0.6) is 5.75 Å². The Hall–Kier alpha value is -2.17. The van der Waals surface area contributed by atoms with E-state index in [1.54, 1.807) is 7.11 Å². The van der Waals surface area contributed by atoms with E-state index in [1.807, 2.05) is 6.07 Å². The van der Waals surface area contributed by atoms with E-state index in [-0.39, 0.29) is 2.85 Å². The van der Waals surface area contributed by atoms with Crippen molar-refractivity contribution in [1.82, 2.24) is 10.2 Å². The van der Waals surface area contributed by atoms with Gasteiger partial charge in [0.15, 0.2) is 0 Å². The summed E-state index contributed by atoms with van der Waals surface area (Å²) in [6.07, 6.45) is 12.3. The van der Waals surface area contributed by atoms with E-state index in [9.17, 15) is 0 Å². The highest BCUT2D eigenvalue weighted by Gasteiger charge is 2.24. The summed E-state index contributed by atoms with van der Waals surface area (Å²) in [5.74, 6) is 1.29. The number of hydrogen-bond acceptors (Lipinski definition) is 4. The third kappa shape index (κ3) is 4.71. The van der Waals surface area contributed by atoms with Crippen LogP contribution in [0.1, 0.15) is 40.2 Å². The molecule has 4 rings (SSSR count). The van der Waals surface area contributed by atoms with Gasteiger partial charge in [-0.2, -0.15) is 0 Å². The lowest BCUT2D eigenvalue weighted by Crippen LogP contribution is -2.49. The Morgan fingerprint density at radius 2 is 2.21 bits per heavy atom. The third-order valence-electron chi connectivity index (χ3n) is 6.18. The molecule has 2 atom stereocenters. The third-order valence-corrected chi connectivity index (χ3v) is 6.18. The quantitative estimate of drug-likeness (QED) is 0.747. The fourth-order valence-electron chi connectivity index (χ4n) is 4.55. The Morgan fingerprint density at radius 1 is 1.31 bits per heavy atom. The largest absolute Gasteiger partial charge is 0.497 e. The Bertz CT molecular complexity index is 876. The average Bonchev–Trinajstić information content (AvgIpc) is 2.99. The number of hydrogen-bond donors (Lipinski definition) is 1. The number of piperazine rings is 1. The molecule has 1 aliphatic carbocycles. The van der Waals surface area contributed by atoms with Gasteiger partial charge in [-0.25, -0.2) is 0 Å². The number of aliphatic imine (C=N–C) groups is 1. The molecular formula is C25H37N3O. The van der Waals surface area contributed by atoms with E-state index in [2.05, 4.69) is 60.5 Å². The zero-order valence-electron chi connectivity index (χ0n) is 17.9. The first kappa shape index (κ1) is 20.1. The van der Waals surface area contributed by atoms with Gasteiger partial charge in [0.1, 0.15) is 5.75 Å². The highest BCUT2D eigenvalue weighted by atomic mass is 16.5. The molecule has 1 N–H and O–H groups in total. The lowest BCUT2D eigenvalue weighted by Gasteiger charge is -2.31. The van der Waals surface area contributed by atoms with E-state index in [1.165, 1.54) is 28.1 Å². The molecule has 1 saturated heterocycles. The molecule has 2 aliphatic heterocycles. The van der Waals surface area contributed by atoms with Gasteiger partial charge in [0, 0.05) is 45.7 Å². The second-order valence-corrected chi connectivity index (χ2v) is 8.45. The van der Waals surface area contributed by atoms with Crippen LogP contribution in [0.25, 0.3) is 5.57 Å². The number of rotatable bonds is 6. The van der Waals surface area contributed by atoms with Crippen LogP contribution in [0, 0.1) is 12.8 Å². The van der Waals surface area contributed by atoms with Crippen molar-refractivity contribution in [1.29, 1.82) is 0 Å². The summed E-state index contributed by atoms with van der Waals surface area (Å²) < 4.78 is 5.47. The van der Waals surface area contributed by atoms with Crippen molar-refractivity contribution in [3.8, 4) is 5.75 Å². The number of methoxy groups -OCH3 is 1. The molecule has 0 saturated carbocycles. The van der Waals surface area contributed by atoms with Crippen molar-refractivity contribution >= 4 is 11.3 Å². The van der Waals surface area contributed by atoms with Crippen molar-refractivity contribution in [2.75, 3.05) is 33.3 Å². The first-order valence-electron chi connectivity index (χ1n) is 10.9. The minimum atomic E-state index is 0. The fourth-order valence-corrected chi connectivity index (χ4v) is 4.55. The zero-order chi connectivity index (χ0) is 20.2. The zero-order valence-corrected chi connectivity index (χ0v) is 17.9. The molecule has 1 aromatic rings. The maximum atomic E-state index is 5.47. The smallest absolute Gasteiger partial charge is 0.119 e. The standard InChI is InChI=1S/C25H33N3O.2H2/c1-18-9-11-22(29-3)16-24(18)23-12-10-20-6-4-7-21(27-25(20)23)8-5-14-28-15-13-26-19(2)17-28;;/h4,7,9-12,16,19-20,26H,5-6,8,13-15,17H2,1-3H3;2*1H/t19-,20?;;/m0../s1. The Labute approximate surface area is 178 Å². The number of nitrogens with zero attached hydrogens (tertiary/aromatic N) is 2. The molecule has 158 valence electrons. The van der Waals surface area contributed by atoms with Gasteiger partial charge in [0.25, 0.3) is 0 Å². The minimum absolute atomic E-state index is 0. The summed E-state index contributed by atoms with van der Waals surface area (Å²) >= 11 is 0. The number of aryl methyl sites for hydroxylation is 1. The van der Waals surface area contributed by atoms with Gasteiger partial charge in [-0.3, -0.25) is 4.99 Å². The maximum absolute atomic E-state index is 5.47. The van der Waals surface area contributed by atoms with Gasteiger partial charge in [0.05, 0.1) is 12.8 Å². The normalized spacial score (nSPS) is 24.4. The lowest BCUT2D eigenvalue weighted by molar-refractivity contribution is 0.206. The van der Waals surface area contributed by atoms with E-state index in [4.69, 9.17) is 9.73 Å². The van der Waals surface area contributed by atoms with Crippen LogP contribution in [-0.4, -0.2) is 49.9 Å². The molecule has 0 aromatic heterocycles. The van der Waals surface area contributed by atoms with Gasteiger partial charge < -0.3 is 15.0 Å². The van der Waals surface area contributed by atoms with Crippen LogP contribution < -0.4 is 10.1 Å². The Kier molecular flexibility index (Phi) is 6.31. The predicted molar refractivity (Wildman–Crippen MR) is 126 cm³/mol. The van der Waals surface area contributed by atoms with Gasteiger partial charge in [-0.05, 0) is 69.0 Å². The summed E-state index contributed by atoms with van der Waals surface area (Å²) in [5.41, 5.74) is 6.19. The van der Waals surface area contributed by atoms with Crippen LogP contribution in [0.2, 0.25) is 0 Å². The molecule has 0 radical (unpaired) electrons. The molecule has 4 nitrogen and oxygen atoms in total. The van der Waals surface area contributed by atoms with Gasteiger partial charge in [-0.1, -0.05) is 24.3 Å². The van der Waals surface area contributed by atoms with Crippen LogP contribution in [0.3, 0.4) is 0 Å². The topological polar surface area (TPSA) is 36.9 Å². The van der Waals surface area contributed by atoms with Crippen molar-refractivity contribution in [2.45, 2.75) is 39.2 Å². The van der Waals surface area contributed by atoms with Crippen LogP contribution >= 0.6 is 0 Å². The maximum Gasteiger partial charge on any atom is 0.119 e. The summed E-state index contributed by atoms with van der Waals surface area (Å²) in [5, 5.41) is 3.52. The van der Waals surface area contributed by atoms with E-state index in [0.29, 0.717) is 12.0 Å². The second kappa shape index (κ2) is 9.10. The molecule has 3 aliphatic rings. The summed E-state index contributed by atoms with van der Waals surface area (Å²) in [7, 11) is 1.73. The highest BCUT2D eigenvalue weighted by Crippen LogP contribution is 2.38. The molecule has 0 amide bonds. The summed E-state index contributed by atoms with van der Waals surface area (Å²) in [4.78, 5) is 7.74. The summed E-state index contributed by atoms with van der Waals surface area (Å²) in [6, 6.07) is 6.91. The SMILES string of the molecule is COc1ccc(C)c(C2=C3N=C(CCCN4CCN[C@@H](C)C4)C=CCC3C=C2)c1.[HH].[HH]. The van der Waals surface area contributed by atoms with E-state index < -0.39 is 0 Å². The number of ether oxygens (including phenoxy) is 1. The predicted octanol–water partition coefficient (Wildman–Crippen LogP) is 4.87. The van der Waals surface area contributed by atoms with Crippen molar-refractivity contribution in [2.24, 2.45) is 10.9 Å². The monoisotopic (exact) mass is 395 g/mol. The highest BCUT2D eigenvalue weighted by molar-refractivity contribution is 5.97. The Balaban J connectivity index is 0.00000171. The first-order chi connectivity index (χ1) is 14.1. The van der Waals surface area contributed by atoms with Gasteiger partial charge >= 0.3 is 0 Å². The Morgan fingerprint density at radius 3 is 3.03 bits per heavy atom. The number of nitrogens with one attached hydrogen (secondary N) is 1. The average molecular weight is 396 g/mol. The first-order valence-corrected chi connectivity index (χ1v) is 10.9. The number of allylic oxidation sites excluding steroid dienone is 5. The van der Waals surface area contributed by atoms with Crippen molar-refractivity contribution < 1.29 is 7.59 Å². The molecule has 0 bridgehead atoms. The minimum Gasteiger partial charge on any atom is -0.497 e. The van der Waals surface area contributed by atoms with Crippen molar-refractivity contribution in [3.05, 3.63) is 59.3 Å². The number of benzene rings is 1. The van der Waals surface area contributed by atoms with E-state index >= 15 is 0 Å². The van der Waals surface area contributed by atoms with Crippen LogP contribution in [0.15, 0.2) is 53.2 Å². The second-order valence-electron chi connectivity index (χ2n) is 8.45. The van der Waals surface area contributed by atoms with Gasteiger partial charge in [0.2, 0.25) is 0 Å². The molecule has 29 heavy (non-hydrogen) atoms. The molecule has 4 heteroatoms. The van der Waals surface area contributed by atoms with E-state index in [0.717, 1.165) is 51.2 Å². The van der Waals surface area contributed by atoms with Crippen LogP contribution in [-0.2, 0) is 0 Å². The molecule has 1 unspecified atom stereocenters. The van der Waals surface area contributed by atoms with Crippen LogP contribution in [0.4, 0.5) is 0 Å². The molecule has 1 fully saturated rings. The molecular weight excluding hydrogens is 358 g/mol. The molecule has 1 aromatic carbocycles. The molecule has 2 heterocycles. The number of fused-ring (bicyclic) bond motifs is 1. The van der Waals surface area contributed by atoms with Gasteiger partial charge in [-0.15, -0.1) is 0 Å². The fraction of sp³-hybridized carbons (Fsp3) is 0.480. The van der Waals surface area contributed by atoms with Crippen molar-refractivity contribution in [3.63, 3.8) is 0 Å². The molecule has 0 spiro atoms. The lowest BCUT2D eigenvalue weighted by atomic mass is 9.97.